The first-order chi connectivity index (χ1) is 13.9. The van der Waals surface area contributed by atoms with E-state index in [1.54, 1.807) is 42.9 Å². The Morgan fingerprint density at radius 1 is 1.28 bits per heavy atom. The number of aromatic nitrogens is 4. The van der Waals surface area contributed by atoms with Crippen molar-refractivity contribution in [2.24, 2.45) is 0 Å². The van der Waals surface area contributed by atoms with E-state index in [4.69, 9.17) is 19.9 Å². The van der Waals surface area contributed by atoms with Gasteiger partial charge in [0.15, 0.2) is 5.82 Å². The summed E-state index contributed by atoms with van der Waals surface area (Å²) in [6.45, 7) is 3.73. The van der Waals surface area contributed by atoms with Crippen LogP contribution in [0.15, 0.2) is 43.0 Å². The Morgan fingerprint density at radius 2 is 2.07 bits per heavy atom. The fraction of sp³-hybridized carbons (Fsp3) is 0.400. The van der Waals surface area contributed by atoms with Crippen LogP contribution in [-0.2, 0) is 19.8 Å². The van der Waals surface area contributed by atoms with Gasteiger partial charge >= 0.3 is 6.16 Å². The summed E-state index contributed by atoms with van der Waals surface area (Å²) in [7, 11) is 0. The molecule has 4 heterocycles. The van der Waals surface area contributed by atoms with Crippen LogP contribution in [0.3, 0.4) is 0 Å². The smallest absolute Gasteiger partial charge is 0.432 e. The molecule has 3 aromatic rings. The first-order valence-electron chi connectivity index (χ1n) is 9.44. The van der Waals surface area contributed by atoms with Gasteiger partial charge in [0.05, 0.1) is 11.8 Å². The fourth-order valence-corrected chi connectivity index (χ4v) is 3.47. The van der Waals surface area contributed by atoms with Crippen LogP contribution in [0.2, 0.25) is 0 Å². The highest BCUT2D eigenvalue weighted by molar-refractivity contribution is 5.65. The number of fused-ring (bicyclic) bond motifs is 1. The highest BCUT2D eigenvalue weighted by Gasteiger charge is 2.31. The Morgan fingerprint density at radius 3 is 2.86 bits per heavy atom. The van der Waals surface area contributed by atoms with Crippen LogP contribution < -0.4 is 5.73 Å². The second-order valence-electron chi connectivity index (χ2n) is 7.43. The highest BCUT2D eigenvalue weighted by atomic mass is 16.7. The van der Waals surface area contributed by atoms with Gasteiger partial charge in [0.2, 0.25) is 0 Å². The van der Waals surface area contributed by atoms with Crippen LogP contribution in [0.1, 0.15) is 44.1 Å². The van der Waals surface area contributed by atoms with E-state index in [1.807, 2.05) is 12.1 Å². The Labute approximate surface area is 167 Å². The highest BCUT2D eigenvalue weighted by Crippen LogP contribution is 2.34. The molecule has 1 saturated heterocycles. The van der Waals surface area contributed by atoms with Crippen molar-refractivity contribution in [3.63, 3.8) is 0 Å². The van der Waals surface area contributed by atoms with E-state index in [1.165, 1.54) is 6.33 Å². The van der Waals surface area contributed by atoms with Gasteiger partial charge in [-0.25, -0.2) is 14.3 Å². The van der Waals surface area contributed by atoms with Crippen LogP contribution in [0, 0.1) is 0 Å². The molecule has 2 atom stereocenters. The number of ether oxygens (including phenoxy) is 3. The van der Waals surface area contributed by atoms with Gasteiger partial charge in [-0.1, -0.05) is 0 Å². The Hall–Kier alpha value is -3.20. The number of hydrogen-bond donors (Lipinski definition) is 1. The summed E-state index contributed by atoms with van der Waals surface area (Å²) in [5, 5.41) is 4.25. The zero-order chi connectivity index (χ0) is 20.4. The quantitative estimate of drug-likeness (QED) is 0.654. The molecule has 0 radical (unpaired) electrons. The minimum atomic E-state index is -0.816. The third-order valence-corrected chi connectivity index (χ3v) is 5.05. The first-order valence-corrected chi connectivity index (χ1v) is 9.44. The maximum absolute atomic E-state index is 12.2. The van der Waals surface area contributed by atoms with E-state index in [0.717, 1.165) is 29.6 Å². The van der Waals surface area contributed by atoms with Gasteiger partial charge in [-0.15, -0.1) is 0 Å². The second kappa shape index (κ2) is 7.67. The third-order valence-electron chi connectivity index (χ3n) is 5.05. The molecule has 1 fully saturated rings. The summed E-state index contributed by atoms with van der Waals surface area (Å²) in [6, 6.07) is 7.41. The van der Waals surface area contributed by atoms with E-state index >= 15 is 0 Å². The summed E-state index contributed by atoms with van der Waals surface area (Å²) in [4.78, 5) is 20.1. The van der Waals surface area contributed by atoms with E-state index in [9.17, 15) is 4.79 Å². The molecule has 0 bridgehead atoms. The average molecular weight is 397 g/mol. The number of nitrogen functional groups attached to an aromatic ring is 1. The maximum Gasteiger partial charge on any atom is 0.509 e. The predicted molar refractivity (Wildman–Crippen MR) is 104 cm³/mol. The Kier molecular flexibility index (Phi) is 5.06. The number of nitrogens with two attached hydrogens (primary N) is 1. The monoisotopic (exact) mass is 397 g/mol. The lowest BCUT2D eigenvalue weighted by molar-refractivity contribution is -0.0477. The average Bonchev–Trinajstić information content (AvgIpc) is 3.34. The van der Waals surface area contributed by atoms with Crippen LogP contribution in [0.25, 0.3) is 5.52 Å². The number of carbonyl (C=O) groups excluding carboxylic acids is 1. The van der Waals surface area contributed by atoms with Gasteiger partial charge in [-0.3, -0.25) is 4.98 Å². The first kappa shape index (κ1) is 19.1. The molecule has 0 spiro atoms. The Bertz CT molecular complexity index is 1000. The van der Waals surface area contributed by atoms with Gasteiger partial charge in [0, 0.05) is 12.4 Å². The fourth-order valence-electron chi connectivity index (χ4n) is 3.47. The molecular weight excluding hydrogens is 374 g/mol. The summed E-state index contributed by atoms with van der Waals surface area (Å²) in [5.74, 6) is 0.420. The largest absolute Gasteiger partial charge is 0.509 e. The van der Waals surface area contributed by atoms with E-state index in [-0.39, 0.29) is 18.8 Å². The topological polar surface area (TPSA) is 114 Å². The molecule has 1 aliphatic rings. The van der Waals surface area contributed by atoms with Crippen molar-refractivity contribution < 1.29 is 19.0 Å². The molecule has 3 aromatic heterocycles. The lowest BCUT2D eigenvalue weighted by atomic mass is 10.00. The summed E-state index contributed by atoms with van der Waals surface area (Å²) in [6.07, 6.45) is 5.20. The van der Waals surface area contributed by atoms with Crippen molar-refractivity contribution in [2.75, 3.05) is 12.3 Å². The van der Waals surface area contributed by atoms with Gasteiger partial charge in [0.1, 0.15) is 30.2 Å². The van der Waals surface area contributed by atoms with Crippen LogP contribution >= 0.6 is 0 Å². The maximum atomic E-state index is 12.2. The zero-order valence-corrected chi connectivity index (χ0v) is 16.3. The molecule has 9 heteroatoms. The minimum absolute atomic E-state index is 0.127. The number of nitrogens with zero attached hydrogens (tertiary/aromatic N) is 4. The lowest BCUT2D eigenvalue weighted by Gasteiger charge is -2.25. The number of anilines is 1. The zero-order valence-electron chi connectivity index (χ0n) is 16.3. The standard InChI is InChI=1S/C20H23N5O4/c1-20(2,13-7-9-22-10-8-13)29-19(26)27-11-14-3-6-17(28-14)15-4-5-16-18(21)23-12-24-25(15)16/h4-5,7-10,12,14,17H,3,6,11H2,1-2H3,(H2,21,23,24). The molecule has 2 N–H and O–H groups in total. The van der Waals surface area contributed by atoms with E-state index in [2.05, 4.69) is 15.1 Å². The predicted octanol–water partition coefficient (Wildman–Crippen LogP) is 3.02. The van der Waals surface area contributed by atoms with E-state index < -0.39 is 11.8 Å². The van der Waals surface area contributed by atoms with Crippen LogP contribution in [-0.4, -0.2) is 38.4 Å². The van der Waals surface area contributed by atoms with E-state index in [0.29, 0.717) is 5.82 Å². The molecule has 0 saturated carbocycles. The number of rotatable bonds is 5. The summed E-state index contributed by atoms with van der Waals surface area (Å²) in [5.41, 5.74) is 7.55. The van der Waals surface area contributed by atoms with Gasteiger partial charge in [-0.2, -0.15) is 5.10 Å². The summed E-state index contributed by atoms with van der Waals surface area (Å²) >= 11 is 0. The second-order valence-corrected chi connectivity index (χ2v) is 7.43. The van der Waals surface area contributed by atoms with Crippen LogP contribution in [0.5, 0.6) is 0 Å². The van der Waals surface area contributed by atoms with Crippen molar-refractivity contribution in [1.29, 1.82) is 0 Å². The van der Waals surface area contributed by atoms with Gasteiger partial charge in [0.25, 0.3) is 0 Å². The van der Waals surface area contributed by atoms with Crippen molar-refractivity contribution >= 4 is 17.5 Å². The Balaban J connectivity index is 1.32. The number of hydrogen-bond acceptors (Lipinski definition) is 8. The molecule has 0 amide bonds. The molecular formula is C20H23N5O4. The molecule has 0 aromatic carbocycles. The SMILES string of the molecule is CC(C)(OC(=O)OCC1CCC(c2ccc3c(N)ncnn23)O1)c1ccncc1. The molecule has 2 unspecified atom stereocenters. The van der Waals surface area contributed by atoms with Crippen molar-refractivity contribution in [3.05, 3.63) is 54.2 Å². The molecule has 9 nitrogen and oxygen atoms in total. The number of carbonyl (C=O) groups is 1. The summed E-state index contributed by atoms with van der Waals surface area (Å²) < 4.78 is 18.6. The number of pyridine rings is 1. The molecule has 29 heavy (non-hydrogen) atoms. The normalized spacial score (nSPS) is 19.4. The van der Waals surface area contributed by atoms with Gasteiger partial charge in [-0.05, 0) is 56.5 Å². The molecule has 0 aliphatic carbocycles. The molecule has 152 valence electrons. The lowest BCUT2D eigenvalue weighted by Crippen LogP contribution is -2.28. The third kappa shape index (κ3) is 4.00. The molecule has 4 rings (SSSR count). The minimum Gasteiger partial charge on any atom is -0.432 e. The van der Waals surface area contributed by atoms with Crippen molar-refractivity contribution in [2.45, 2.75) is 44.5 Å². The van der Waals surface area contributed by atoms with Crippen molar-refractivity contribution in [1.82, 2.24) is 19.6 Å². The van der Waals surface area contributed by atoms with Crippen molar-refractivity contribution in [3.8, 4) is 0 Å². The molecule has 1 aliphatic heterocycles. The van der Waals surface area contributed by atoms with Crippen LogP contribution in [0.4, 0.5) is 10.6 Å². The van der Waals surface area contributed by atoms with Gasteiger partial charge < -0.3 is 19.9 Å².